The zero-order valence-electron chi connectivity index (χ0n) is 10.3. The summed E-state index contributed by atoms with van der Waals surface area (Å²) in [6.45, 7) is 2.79. The van der Waals surface area contributed by atoms with Crippen LogP contribution in [0.15, 0.2) is 24.3 Å². The van der Waals surface area contributed by atoms with Crippen molar-refractivity contribution in [2.75, 3.05) is 18.4 Å². The van der Waals surface area contributed by atoms with E-state index in [1.165, 1.54) is 6.92 Å². The molecule has 0 radical (unpaired) electrons. The number of anilines is 1. The lowest BCUT2D eigenvalue weighted by Crippen LogP contribution is -2.32. The summed E-state index contributed by atoms with van der Waals surface area (Å²) >= 11 is 0. The normalized spacial score (nSPS) is 9.67. The molecule has 0 unspecified atom stereocenters. The van der Waals surface area contributed by atoms with Gasteiger partial charge >= 0.3 is 6.03 Å². The van der Waals surface area contributed by atoms with Gasteiger partial charge in [-0.3, -0.25) is 4.79 Å². The minimum atomic E-state index is -0.282. The van der Waals surface area contributed by atoms with Gasteiger partial charge in [-0.15, -0.1) is 0 Å². The Balaban J connectivity index is 2.44. The smallest absolute Gasteiger partial charge is 0.319 e. The van der Waals surface area contributed by atoms with Gasteiger partial charge in [0, 0.05) is 32.2 Å². The van der Waals surface area contributed by atoms with Gasteiger partial charge in [0.25, 0.3) is 0 Å². The highest BCUT2D eigenvalue weighted by molar-refractivity contribution is 5.89. The molecule has 98 valence electrons. The Bertz CT molecular complexity index is 403. The molecule has 0 aromatic heterocycles. The SMILES string of the molecule is CC(=O)NCc1ccc(NC(=O)NCCN)cc1. The minimum absolute atomic E-state index is 0.0710. The number of carbonyl (C=O) groups excluding carboxylic acids is 2. The lowest BCUT2D eigenvalue weighted by molar-refractivity contribution is -0.119. The number of rotatable bonds is 5. The molecule has 0 bridgehead atoms. The van der Waals surface area contributed by atoms with Crippen LogP contribution in [0.2, 0.25) is 0 Å². The Morgan fingerprint density at radius 3 is 2.39 bits per heavy atom. The van der Waals surface area contributed by atoms with E-state index < -0.39 is 0 Å². The van der Waals surface area contributed by atoms with Gasteiger partial charge in [-0.1, -0.05) is 12.1 Å². The van der Waals surface area contributed by atoms with Crippen LogP contribution in [-0.4, -0.2) is 25.0 Å². The van der Waals surface area contributed by atoms with Gasteiger partial charge in [0.05, 0.1) is 0 Å². The van der Waals surface area contributed by atoms with Crippen molar-refractivity contribution in [2.24, 2.45) is 5.73 Å². The van der Waals surface area contributed by atoms with Crippen LogP contribution in [0.3, 0.4) is 0 Å². The molecule has 0 spiro atoms. The summed E-state index contributed by atoms with van der Waals surface area (Å²) in [5, 5.41) is 7.98. The molecule has 5 N–H and O–H groups in total. The van der Waals surface area contributed by atoms with Crippen LogP contribution < -0.4 is 21.7 Å². The Morgan fingerprint density at radius 1 is 1.17 bits per heavy atom. The highest BCUT2D eigenvalue weighted by Crippen LogP contribution is 2.09. The second-order valence-electron chi connectivity index (χ2n) is 3.78. The number of amides is 3. The summed E-state index contributed by atoms with van der Waals surface area (Å²) in [5.74, 6) is -0.0710. The Morgan fingerprint density at radius 2 is 1.83 bits per heavy atom. The average Bonchev–Trinajstić information content (AvgIpc) is 2.35. The molecule has 0 aliphatic rings. The van der Waals surface area contributed by atoms with E-state index in [-0.39, 0.29) is 11.9 Å². The number of benzene rings is 1. The summed E-state index contributed by atoms with van der Waals surface area (Å²) in [6, 6.07) is 6.96. The maximum Gasteiger partial charge on any atom is 0.319 e. The molecule has 1 aromatic carbocycles. The van der Waals surface area contributed by atoms with Gasteiger partial charge in [-0.05, 0) is 17.7 Å². The molecular weight excluding hydrogens is 232 g/mol. The molecule has 0 saturated carbocycles. The van der Waals surface area contributed by atoms with Crippen LogP contribution in [-0.2, 0) is 11.3 Å². The third-order valence-corrected chi connectivity index (χ3v) is 2.18. The van der Waals surface area contributed by atoms with Crippen LogP contribution in [0.4, 0.5) is 10.5 Å². The second kappa shape index (κ2) is 7.29. The molecule has 0 atom stereocenters. The zero-order valence-corrected chi connectivity index (χ0v) is 10.3. The lowest BCUT2D eigenvalue weighted by atomic mass is 10.2. The molecule has 1 aromatic rings. The van der Waals surface area contributed by atoms with Gasteiger partial charge in [0.15, 0.2) is 0 Å². The first-order chi connectivity index (χ1) is 8.61. The predicted octanol–water partition coefficient (Wildman–Crippen LogP) is 0.403. The van der Waals surface area contributed by atoms with Crippen molar-refractivity contribution in [3.05, 3.63) is 29.8 Å². The van der Waals surface area contributed by atoms with Crippen molar-refractivity contribution in [3.8, 4) is 0 Å². The fraction of sp³-hybridized carbons (Fsp3) is 0.333. The largest absolute Gasteiger partial charge is 0.352 e. The van der Waals surface area contributed by atoms with E-state index in [2.05, 4.69) is 16.0 Å². The summed E-state index contributed by atoms with van der Waals surface area (Å²) in [5.41, 5.74) is 6.93. The summed E-state index contributed by atoms with van der Waals surface area (Å²) in [7, 11) is 0. The first-order valence-corrected chi connectivity index (χ1v) is 5.70. The molecule has 1 rings (SSSR count). The maximum atomic E-state index is 11.3. The van der Waals surface area contributed by atoms with E-state index in [9.17, 15) is 9.59 Å². The van der Waals surface area contributed by atoms with Gasteiger partial charge in [-0.2, -0.15) is 0 Å². The molecule has 0 aliphatic heterocycles. The molecule has 0 saturated heterocycles. The molecule has 0 aliphatic carbocycles. The number of nitrogens with one attached hydrogen (secondary N) is 3. The van der Waals surface area contributed by atoms with Crippen LogP contribution in [0.1, 0.15) is 12.5 Å². The summed E-state index contributed by atoms with van der Waals surface area (Å²) in [4.78, 5) is 22.1. The minimum Gasteiger partial charge on any atom is -0.352 e. The summed E-state index contributed by atoms with van der Waals surface area (Å²) in [6.07, 6.45) is 0. The Hall–Kier alpha value is -2.08. The quantitative estimate of drug-likeness (QED) is 0.609. The van der Waals surface area contributed by atoms with E-state index in [0.29, 0.717) is 25.3 Å². The van der Waals surface area contributed by atoms with Crippen molar-refractivity contribution in [3.63, 3.8) is 0 Å². The molecule has 6 heteroatoms. The maximum absolute atomic E-state index is 11.3. The van der Waals surface area contributed by atoms with Crippen LogP contribution in [0, 0.1) is 0 Å². The molecule has 0 fully saturated rings. The van der Waals surface area contributed by atoms with Crippen LogP contribution in [0.25, 0.3) is 0 Å². The lowest BCUT2D eigenvalue weighted by Gasteiger charge is -2.07. The van der Waals surface area contributed by atoms with E-state index >= 15 is 0 Å². The fourth-order valence-electron chi connectivity index (χ4n) is 1.29. The second-order valence-corrected chi connectivity index (χ2v) is 3.78. The third kappa shape index (κ3) is 5.31. The zero-order chi connectivity index (χ0) is 13.4. The van der Waals surface area contributed by atoms with Crippen molar-refractivity contribution in [1.82, 2.24) is 10.6 Å². The highest BCUT2D eigenvalue weighted by atomic mass is 16.2. The van der Waals surface area contributed by atoms with E-state index in [1.54, 1.807) is 12.1 Å². The molecule has 6 nitrogen and oxygen atoms in total. The number of carbonyl (C=O) groups is 2. The first-order valence-electron chi connectivity index (χ1n) is 5.70. The van der Waals surface area contributed by atoms with Crippen molar-refractivity contribution in [1.29, 1.82) is 0 Å². The molecule has 3 amide bonds. The van der Waals surface area contributed by atoms with Crippen molar-refractivity contribution >= 4 is 17.6 Å². The van der Waals surface area contributed by atoms with E-state index in [4.69, 9.17) is 5.73 Å². The molecule has 18 heavy (non-hydrogen) atoms. The number of hydrogen-bond donors (Lipinski definition) is 4. The highest BCUT2D eigenvalue weighted by Gasteiger charge is 2.00. The topological polar surface area (TPSA) is 96.2 Å². The average molecular weight is 250 g/mol. The number of nitrogens with two attached hydrogens (primary N) is 1. The van der Waals surface area contributed by atoms with Crippen LogP contribution in [0.5, 0.6) is 0 Å². The number of hydrogen-bond acceptors (Lipinski definition) is 3. The standard InChI is InChI=1S/C12H18N4O2/c1-9(17)15-8-10-2-4-11(5-3-10)16-12(18)14-7-6-13/h2-5H,6-8,13H2,1H3,(H,15,17)(H2,14,16,18). The molecular formula is C12H18N4O2. The number of urea groups is 1. The summed E-state index contributed by atoms with van der Waals surface area (Å²) < 4.78 is 0. The van der Waals surface area contributed by atoms with Gasteiger partial charge < -0.3 is 21.7 Å². The Labute approximate surface area is 106 Å². The van der Waals surface area contributed by atoms with Gasteiger partial charge in [0.1, 0.15) is 0 Å². The predicted molar refractivity (Wildman–Crippen MR) is 70.0 cm³/mol. The van der Waals surface area contributed by atoms with E-state index in [1.807, 2.05) is 12.1 Å². The molecule has 0 heterocycles. The third-order valence-electron chi connectivity index (χ3n) is 2.18. The van der Waals surface area contributed by atoms with Crippen LogP contribution >= 0.6 is 0 Å². The van der Waals surface area contributed by atoms with Crippen molar-refractivity contribution in [2.45, 2.75) is 13.5 Å². The van der Waals surface area contributed by atoms with Gasteiger partial charge in [-0.25, -0.2) is 4.79 Å². The van der Waals surface area contributed by atoms with E-state index in [0.717, 1.165) is 5.56 Å². The first kappa shape index (κ1) is 14.0. The monoisotopic (exact) mass is 250 g/mol. The Kier molecular flexibility index (Phi) is 5.66. The van der Waals surface area contributed by atoms with Gasteiger partial charge in [0.2, 0.25) is 5.91 Å². The fourth-order valence-corrected chi connectivity index (χ4v) is 1.29. The van der Waals surface area contributed by atoms with Crippen molar-refractivity contribution < 1.29 is 9.59 Å².